The van der Waals surface area contributed by atoms with Crippen LogP contribution in [0.5, 0.6) is 0 Å². The highest BCUT2D eigenvalue weighted by atomic mass is 16.6. The van der Waals surface area contributed by atoms with Gasteiger partial charge in [-0.3, -0.25) is 0 Å². The van der Waals surface area contributed by atoms with Crippen LogP contribution in [-0.4, -0.2) is 145 Å². The van der Waals surface area contributed by atoms with E-state index in [9.17, 15) is 0 Å². The van der Waals surface area contributed by atoms with Crippen molar-refractivity contribution in [1.29, 1.82) is 0 Å². The molecule has 2 bridgehead atoms. The Morgan fingerprint density at radius 1 is 0.762 bits per heavy atom. The fraction of sp³-hybridized carbons (Fsp3) is 0.968. The standard InChI is InChI=1S/C31H57N7O4/c1-30(2)27-11-12-31(3,42-30)29(28(27)38(35-18-23-39-24-19-35)36-20-25-40-26-21-36)32-41-22-10-17-37(33-13-6-4-7-14-33)34-15-8-5-9-16-34/h27-28H,4-26H2,1-3H3/b32-29-/t27-,28-,31+/m1/s1. The quantitative estimate of drug-likeness (QED) is 0.280. The molecule has 0 amide bonds. The van der Waals surface area contributed by atoms with E-state index in [1.807, 2.05) is 0 Å². The van der Waals surface area contributed by atoms with Crippen LogP contribution in [0.4, 0.5) is 0 Å². The first-order valence-electron chi connectivity index (χ1n) is 17.1. The number of hydrogen-bond donors (Lipinski definition) is 0. The molecule has 6 aliphatic heterocycles. The molecule has 6 heterocycles. The van der Waals surface area contributed by atoms with Crippen molar-refractivity contribution in [1.82, 2.24) is 30.3 Å². The molecule has 1 saturated carbocycles. The van der Waals surface area contributed by atoms with E-state index in [4.69, 9.17) is 24.2 Å². The zero-order chi connectivity index (χ0) is 29.0. The van der Waals surface area contributed by atoms with Gasteiger partial charge in [0.2, 0.25) is 0 Å². The summed E-state index contributed by atoms with van der Waals surface area (Å²) in [6, 6.07) is 0.0990. The Balaban J connectivity index is 1.18. The molecule has 0 radical (unpaired) electrons. The third-order valence-corrected chi connectivity index (χ3v) is 10.4. The van der Waals surface area contributed by atoms with Crippen LogP contribution in [0.15, 0.2) is 5.16 Å². The van der Waals surface area contributed by atoms with E-state index in [0.717, 1.165) is 84.1 Å². The van der Waals surface area contributed by atoms with Crippen LogP contribution in [-0.2, 0) is 19.0 Å². The summed E-state index contributed by atoms with van der Waals surface area (Å²) in [4.78, 5) is 6.27. The van der Waals surface area contributed by atoms with E-state index in [2.05, 4.69) is 51.0 Å². The summed E-state index contributed by atoms with van der Waals surface area (Å²) in [5.74, 6) is 0.320. The van der Waals surface area contributed by atoms with Gasteiger partial charge in [0.15, 0.2) is 0 Å². The van der Waals surface area contributed by atoms with E-state index in [-0.39, 0.29) is 11.6 Å². The molecule has 0 spiro atoms. The van der Waals surface area contributed by atoms with Crippen molar-refractivity contribution in [2.24, 2.45) is 11.1 Å². The number of fused-ring (bicyclic) bond motifs is 3. The smallest absolute Gasteiger partial charge is 0.118 e. The van der Waals surface area contributed by atoms with Crippen LogP contribution in [0.3, 0.4) is 0 Å². The summed E-state index contributed by atoms with van der Waals surface area (Å²) in [5, 5.41) is 20.3. The van der Waals surface area contributed by atoms with Crippen LogP contribution in [0.25, 0.3) is 0 Å². The fourth-order valence-electron chi connectivity index (χ4n) is 8.24. The molecule has 11 heteroatoms. The summed E-state index contributed by atoms with van der Waals surface area (Å²) in [6.45, 7) is 19.6. The van der Waals surface area contributed by atoms with E-state index in [0.29, 0.717) is 12.5 Å². The van der Waals surface area contributed by atoms with E-state index < -0.39 is 5.60 Å². The molecule has 0 N–H and O–H groups in total. The lowest BCUT2D eigenvalue weighted by atomic mass is 9.64. The molecule has 0 aromatic heterocycles. The SMILES string of the molecule is CC1(C)O[C@@]2(C)CC[C@@H]1[C@@H](N(N1CCOCC1)N1CCOCC1)/C2=N/OCCCN(N1CCCCC1)N1CCCCC1. The van der Waals surface area contributed by atoms with Crippen LogP contribution in [0, 0.1) is 5.92 Å². The van der Waals surface area contributed by atoms with Crippen molar-refractivity contribution in [3.8, 4) is 0 Å². The first-order valence-corrected chi connectivity index (χ1v) is 17.1. The Hall–Kier alpha value is -0.890. The predicted molar refractivity (Wildman–Crippen MR) is 162 cm³/mol. The lowest BCUT2D eigenvalue weighted by Gasteiger charge is -2.62. The Kier molecular flexibility index (Phi) is 10.4. The highest BCUT2D eigenvalue weighted by molar-refractivity contribution is 5.98. The van der Waals surface area contributed by atoms with Gasteiger partial charge in [-0.25, -0.2) is 20.0 Å². The number of ether oxygens (including phenoxy) is 3. The third-order valence-electron chi connectivity index (χ3n) is 10.4. The Bertz CT molecular complexity index is 849. The molecule has 0 aromatic carbocycles. The minimum Gasteiger partial charge on any atom is -0.396 e. The van der Waals surface area contributed by atoms with Crippen LogP contribution >= 0.6 is 0 Å². The highest BCUT2D eigenvalue weighted by Crippen LogP contribution is 2.50. The zero-order valence-electron chi connectivity index (χ0n) is 26.7. The van der Waals surface area contributed by atoms with Gasteiger partial charge in [-0.1, -0.05) is 18.0 Å². The summed E-state index contributed by atoms with van der Waals surface area (Å²) in [6.07, 6.45) is 11.0. The number of oxime groups is 1. The molecule has 11 nitrogen and oxygen atoms in total. The molecular formula is C31H57N7O4. The van der Waals surface area contributed by atoms with Gasteiger partial charge in [0.25, 0.3) is 0 Å². The van der Waals surface area contributed by atoms with Crippen molar-refractivity contribution >= 4 is 5.71 Å². The molecule has 1 aliphatic carbocycles. The number of hydrazine groups is 4. The minimum absolute atomic E-state index is 0.0990. The number of morpholine rings is 2. The zero-order valence-corrected chi connectivity index (χ0v) is 26.7. The molecule has 6 saturated heterocycles. The Morgan fingerprint density at radius 2 is 1.31 bits per heavy atom. The van der Waals surface area contributed by atoms with Crippen molar-refractivity contribution < 1.29 is 19.0 Å². The van der Waals surface area contributed by atoms with Gasteiger partial charge in [-0.05, 0) is 65.7 Å². The summed E-state index contributed by atoms with van der Waals surface area (Å²) >= 11 is 0. The second-order valence-corrected chi connectivity index (χ2v) is 13.8. The van der Waals surface area contributed by atoms with Gasteiger partial charge in [0, 0.05) is 64.8 Å². The molecule has 240 valence electrons. The number of hydrogen-bond acceptors (Lipinski definition) is 11. The van der Waals surface area contributed by atoms with Crippen LogP contribution in [0.2, 0.25) is 0 Å². The van der Waals surface area contributed by atoms with Crippen molar-refractivity contribution in [2.45, 2.75) is 95.8 Å². The molecular weight excluding hydrogens is 534 g/mol. The lowest BCUT2D eigenvalue weighted by Crippen LogP contribution is -2.75. The maximum Gasteiger partial charge on any atom is 0.118 e. The first-order chi connectivity index (χ1) is 20.5. The molecule has 7 aliphatic rings. The minimum atomic E-state index is -0.437. The lowest BCUT2D eigenvalue weighted by molar-refractivity contribution is -0.280. The fourth-order valence-corrected chi connectivity index (χ4v) is 8.24. The molecule has 0 aromatic rings. The average molecular weight is 592 g/mol. The third kappa shape index (κ3) is 6.84. The predicted octanol–water partition coefficient (Wildman–Crippen LogP) is 3.00. The molecule has 7 fully saturated rings. The monoisotopic (exact) mass is 591 g/mol. The summed E-state index contributed by atoms with van der Waals surface area (Å²) < 4.78 is 18.4. The van der Waals surface area contributed by atoms with E-state index in [1.54, 1.807) is 0 Å². The first kappa shape index (κ1) is 31.1. The van der Waals surface area contributed by atoms with Crippen molar-refractivity contribution in [3.05, 3.63) is 0 Å². The topological polar surface area (TPSA) is 68.7 Å². The molecule has 3 atom stereocenters. The second-order valence-electron chi connectivity index (χ2n) is 13.8. The van der Waals surface area contributed by atoms with Crippen LogP contribution < -0.4 is 0 Å². The van der Waals surface area contributed by atoms with Gasteiger partial charge < -0.3 is 19.0 Å². The molecule has 42 heavy (non-hydrogen) atoms. The highest BCUT2D eigenvalue weighted by Gasteiger charge is 2.61. The van der Waals surface area contributed by atoms with E-state index >= 15 is 0 Å². The van der Waals surface area contributed by atoms with E-state index in [1.165, 1.54) is 64.7 Å². The number of piperidine rings is 2. The summed E-state index contributed by atoms with van der Waals surface area (Å²) in [5.41, 5.74) is 0.379. The summed E-state index contributed by atoms with van der Waals surface area (Å²) in [7, 11) is 0. The van der Waals surface area contributed by atoms with Gasteiger partial charge >= 0.3 is 0 Å². The largest absolute Gasteiger partial charge is 0.396 e. The Labute approximate surface area is 253 Å². The van der Waals surface area contributed by atoms with Crippen molar-refractivity contribution in [2.75, 3.05) is 91.9 Å². The van der Waals surface area contributed by atoms with Gasteiger partial charge in [-0.15, -0.1) is 0 Å². The van der Waals surface area contributed by atoms with Crippen molar-refractivity contribution in [3.63, 3.8) is 0 Å². The van der Waals surface area contributed by atoms with Crippen LogP contribution in [0.1, 0.15) is 78.6 Å². The number of rotatable bonds is 10. The van der Waals surface area contributed by atoms with Gasteiger partial charge in [0.1, 0.15) is 17.9 Å². The maximum absolute atomic E-state index is 6.84. The normalized spacial score (nSPS) is 34.9. The molecule has 0 unspecified atom stereocenters. The van der Waals surface area contributed by atoms with Gasteiger partial charge in [0.05, 0.1) is 38.1 Å². The average Bonchev–Trinajstić information content (AvgIpc) is 3.01. The molecule has 7 rings (SSSR count). The second kappa shape index (κ2) is 14.0. The Morgan fingerprint density at radius 3 is 1.83 bits per heavy atom. The maximum atomic E-state index is 6.84. The van der Waals surface area contributed by atoms with Gasteiger partial charge in [-0.2, -0.15) is 10.2 Å². The number of nitrogens with zero attached hydrogens (tertiary/aromatic N) is 7.